The molecule has 0 aliphatic rings. The quantitative estimate of drug-likeness (QED) is 0.751. The van der Waals surface area contributed by atoms with Gasteiger partial charge in [0, 0.05) is 26.2 Å². The fourth-order valence-corrected chi connectivity index (χ4v) is 3.67. The van der Waals surface area contributed by atoms with Crippen molar-refractivity contribution in [3.05, 3.63) is 64.7 Å². The minimum Gasteiger partial charge on any atom is -0.352 e. The van der Waals surface area contributed by atoms with Crippen molar-refractivity contribution in [1.82, 2.24) is 9.62 Å². The number of amides is 1. The largest absolute Gasteiger partial charge is 0.352 e. The molecule has 1 amide bonds. The molecular weight excluding hydrogens is 360 g/mol. The van der Waals surface area contributed by atoms with Crippen LogP contribution < -0.4 is 5.32 Å². The molecule has 5 nitrogen and oxygen atoms in total. The second-order valence-corrected chi connectivity index (χ2v) is 8.31. The number of rotatable bonds is 7. The van der Waals surface area contributed by atoms with E-state index >= 15 is 0 Å². The normalized spacial score (nSPS) is 11.5. The zero-order valence-corrected chi connectivity index (χ0v) is 15.8. The van der Waals surface area contributed by atoms with Crippen LogP contribution in [0.15, 0.2) is 53.4 Å². The second kappa shape index (κ2) is 8.47. The molecule has 0 bridgehead atoms. The summed E-state index contributed by atoms with van der Waals surface area (Å²) in [5.74, 6) is -0.320. The molecule has 0 unspecified atom stereocenters. The van der Waals surface area contributed by atoms with Crippen LogP contribution in [-0.2, 0) is 16.4 Å². The van der Waals surface area contributed by atoms with Crippen LogP contribution in [0.4, 0.5) is 0 Å². The predicted molar refractivity (Wildman–Crippen MR) is 99.4 cm³/mol. The van der Waals surface area contributed by atoms with Crippen LogP contribution in [0, 0.1) is 0 Å². The van der Waals surface area contributed by atoms with Gasteiger partial charge in [0.25, 0.3) is 5.91 Å². The standard InChI is InChI=1S/C18H21ClN2O3S/c1-21(2)25(23,24)17-13-15(10-11-16(17)19)18(22)20-12-6-9-14-7-4-3-5-8-14/h3-5,7-8,10-11,13H,6,9,12H2,1-2H3,(H,20,22). The zero-order chi connectivity index (χ0) is 18.4. The van der Waals surface area contributed by atoms with E-state index in [-0.39, 0.29) is 21.4 Å². The van der Waals surface area contributed by atoms with Gasteiger partial charge < -0.3 is 5.32 Å². The van der Waals surface area contributed by atoms with Gasteiger partial charge in [-0.05, 0) is 36.6 Å². The van der Waals surface area contributed by atoms with Crippen LogP contribution in [-0.4, -0.2) is 39.3 Å². The van der Waals surface area contributed by atoms with Crippen LogP contribution >= 0.6 is 11.6 Å². The van der Waals surface area contributed by atoms with Gasteiger partial charge in [-0.1, -0.05) is 41.9 Å². The van der Waals surface area contributed by atoms with E-state index in [1.54, 1.807) is 0 Å². The van der Waals surface area contributed by atoms with Crippen molar-refractivity contribution in [2.75, 3.05) is 20.6 Å². The van der Waals surface area contributed by atoms with E-state index in [1.165, 1.54) is 37.9 Å². The van der Waals surface area contributed by atoms with Gasteiger partial charge in [-0.2, -0.15) is 0 Å². The van der Waals surface area contributed by atoms with Crippen molar-refractivity contribution in [3.8, 4) is 0 Å². The molecule has 2 aromatic carbocycles. The Hall–Kier alpha value is -1.89. The highest BCUT2D eigenvalue weighted by Crippen LogP contribution is 2.24. The molecule has 7 heteroatoms. The van der Waals surface area contributed by atoms with E-state index < -0.39 is 10.0 Å². The number of benzene rings is 2. The van der Waals surface area contributed by atoms with Crippen LogP contribution in [0.3, 0.4) is 0 Å². The summed E-state index contributed by atoms with van der Waals surface area (Å²) in [6.45, 7) is 0.506. The smallest absolute Gasteiger partial charge is 0.251 e. The van der Waals surface area contributed by atoms with Crippen LogP contribution in [0.1, 0.15) is 22.3 Å². The lowest BCUT2D eigenvalue weighted by atomic mass is 10.1. The topological polar surface area (TPSA) is 66.5 Å². The van der Waals surface area contributed by atoms with Crippen molar-refractivity contribution >= 4 is 27.5 Å². The molecule has 0 saturated heterocycles. The number of nitrogens with zero attached hydrogens (tertiary/aromatic N) is 1. The lowest BCUT2D eigenvalue weighted by Crippen LogP contribution is -2.26. The maximum absolute atomic E-state index is 12.3. The third kappa shape index (κ3) is 5.04. The Kier molecular flexibility index (Phi) is 6.58. The van der Waals surface area contributed by atoms with Crippen LogP contribution in [0.5, 0.6) is 0 Å². The molecule has 0 aliphatic carbocycles. The molecule has 1 N–H and O–H groups in total. The van der Waals surface area contributed by atoms with Gasteiger partial charge in [0.15, 0.2) is 0 Å². The summed E-state index contributed by atoms with van der Waals surface area (Å²) < 4.78 is 25.6. The van der Waals surface area contributed by atoms with Crippen LogP contribution in [0.2, 0.25) is 5.02 Å². The van der Waals surface area contributed by atoms with Gasteiger partial charge in [-0.3, -0.25) is 4.79 Å². The molecule has 0 fully saturated rings. The van der Waals surface area contributed by atoms with Crippen molar-refractivity contribution in [2.45, 2.75) is 17.7 Å². The molecule has 0 radical (unpaired) electrons. The first-order chi connectivity index (χ1) is 11.8. The molecule has 2 rings (SSSR count). The fraction of sp³-hybridized carbons (Fsp3) is 0.278. The van der Waals surface area contributed by atoms with Crippen molar-refractivity contribution in [3.63, 3.8) is 0 Å². The van der Waals surface area contributed by atoms with E-state index in [4.69, 9.17) is 11.6 Å². The van der Waals surface area contributed by atoms with Crippen molar-refractivity contribution < 1.29 is 13.2 Å². The minimum atomic E-state index is -3.70. The molecule has 134 valence electrons. The number of halogens is 1. The maximum Gasteiger partial charge on any atom is 0.251 e. The summed E-state index contributed by atoms with van der Waals surface area (Å²) in [4.78, 5) is 12.2. The summed E-state index contributed by atoms with van der Waals surface area (Å²) in [5.41, 5.74) is 1.48. The van der Waals surface area contributed by atoms with Crippen molar-refractivity contribution in [1.29, 1.82) is 0 Å². The first-order valence-electron chi connectivity index (χ1n) is 7.86. The van der Waals surface area contributed by atoms with Gasteiger partial charge in [0.2, 0.25) is 10.0 Å². The monoisotopic (exact) mass is 380 g/mol. The number of hydrogen-bond donors (Lipinski definition) is 1. The van der Waals surface area contributed by atoms with Crippen molar-refractivity contribution in [2.24, 2.45) is 0 Å². The van der Waals surface area contributed by atoms with Gasteiger partial charge in [0.05, 0.1) is 5.02 Å². The molecule has 0 aliphatic heterocycles. The number of nitrogens with one attached hydrogen (secondary N) is 1. The number of carbonyl (C=O) groups is 1. The Balaban J connectivity index is 2.00. The average Bonchev–Trinajstić information content (AvgIpc) is 2.59. The van der Waals surface area contributed by atoms with Crippen LogP contribution in [0.25, 0.3) is 0 Å². The van der Waals surface area contributed by atoms with E-state index in [0.29, 0.717) is 6.54 Å². The van der Waals surface area contributed by atoms with Gasteiger partial charge in [0.1, 0.15) is 4.90 Å². The SMILES string of the molecule is CN(C)S(=O)(=O)c1cc(C(=O)NCCCc2ccccc2)ccc1Cl. The molecule has 25 heavy (non-hydrogen) atoms. The summed E-state index contributed by atoms with van der Waals surface area (Å²) >= 11 is 5.99. The fourth-order valence-electron chi connectivity index (χ4n) is 2.28. The minimum absolute atomic E-state index is 0.0731. The summed E-state index contributed by atoms with van der Waals surface area (Å²) in [6, 6.07) is 14.3. The first kappa shape index (κ1) is 19.4. The highest BCUT2D eigenvalue weighted by atomic mass is 35.5. The predicted octanol–water partition coefficient (Wildman–Crippen LogP) is 2.95. The third-order valence-electron chi connectivity index (χ3n) is 3.72. The first-order valence-corrected chi connectivity index (χ1v) is 9.68. The zero-order valence-electron chi connectivity index (χ0n) is 14.2. The highest BCUT2D eigenvalue weighted by molar-refractivity contribution is 7.89. The van der Waals surface area contributed by atoms with Gasteiger partial charge in [-0.25, -0.2) is 12.7 Å². The van der Waals surface area contributed by atoms with E-state index in [1.807, 2.05) is 30.3 Å². The number of sulfonamides is 1. The van der Waals surface area contributed by atoms with Gasteiger partial charge in [-0.15, -0.1) is 0 Å². The number of aryl methyl sites for hydroxylation is 1. The highest BCUT2D eigenvalue weighted by Gasteiger charge is 2.22. The maximum atomic E-state index is 12.3. The Morgan fingerprint density at radius 2 is 1.80 bits per heavy atom. The molecule has 0 heterocycles. The van der Waals surface area contributed by atoms with E-state index in [2.05, 4.69) is 5.32 Å². The summed E-state index contributed by atoms with van der Waals surface area (Å²) in [7, 11) is -0.866. The van der Waals surface area contributed by atoms with E-state index in [9.17, 15) is 13.2 Å². The number of carbonyl (C=O) groups excluding carboxylic acids is 1. The average molecular weight is 381 g/mol. The Bertz CT molecular complexity index is 837. The lowest BCUT2D eigenvalue weighted by molar-refractivity contribution is 0.0953. The molecule has 0 spiro atoms. The Labute approximate surface area is 153 Å². The Morgan fingerprint density at radius 3 is 2.44 bits per heavy atom. The number of hydrogen-bond acceptors (Lipinski definition) is 3. The summed E-state index contributed by atoms with van der Waals surface area (Å²) in [5, 5.41) is 2.90. The summed E-state index contributed by atoms with van der Waals surface area (Å²) in [6.07, 6.45) is 1.66. The van der Waals surface area contributed by atoms with E-state index in [0.717, 1.165) is 17.1 Å². The van der Waals surface area contributed by atoms with Gasteiger partial charge >= 0.3 is 0 Å². The third-order valence-corrected chi connectivity index (χ3v) is 6.02. The molecule has 0 aromatic heterocycles. The molecule has 0 saturated carbocycles. The lowest BCUT2D eigenvalue weighted by Gasteiger charge is -2.14. The second-order valence-electron chi connectivity index (χ2n) is 5.78. The molecular formula is C18H21ClN2O3S. The molecule has 0 atom stereocenters. The Morgan fingerprint density at radius 1 is 1.12 bits per heavy atom. The molecule has 2 aromatic rings.